The summed E-state index contributed by atoms with van der Waals surface area (Å²) in [5.41, 5.74) is 0.788. The van der Waals surface area contributed by atoms with E-state index >= 15 is 0 Å². The predicted molar refractivity (Wildman–Crippen MR) is 84.6 cm³/mol. The fourth-order valence-electron chi connectivity index (χ4n) is 4.17. The minimum atomic E-state index is 0.788. The van der Waals surface area contributed by atoms with Crippen LogP contribution in [0.15, 0.2) is 0 Å². The molecule has 0 N–H and O–H groups in total. The van der Waals surface area contributed by atoms with E-state index in [1.54, 1.807) is 0 Å². The van der Waals surface area contributed by atoms with Crippen LogP contribution in [0.25, 0.3) is 0 Å². The number of unbranched alkanes of at least 4 members (excludes halogenated alkanes) is 5. The van der Waals surface area contributed by atoms with Crippen molar-refractivity contribution in [3.8, 4) is 0 Å². The average Bonchev–Trinajstić information content (AvgIpc) is 2.46. The first-order valence-electron chi connectivity index (χ1n) is 9.07. The Labute approximate surface area is 121 Å². The maximum atomic E-state index is 2.75. The van der Waals surface area contributed by atoms with E-state index in [0.29, 0.717) is 0 Å². The molecule has 0 atom stereocenters. The molecule has 1 saturated carbocycles. The highest BCUT2D eigenvalue weighted by Gasteiger charge is 2.35. The molecular weight excluding hydrogens is 230 g/mol. The lowest BCUT2D eigenvalue weighted by molar-refractivity contribution is 0.0670. The van der Waals surface area contributed by atoms with Crippen LogP contribution in [0.4, 0.5) is 0 Å². The Hall–Kier alpha value is -0.0400. The molecule has 19 heavy (non-hydrogen) atoms. The van der Waals surface area contributed by atoms with Crippen LogP contribution in [0.3, 0.4) is 0 Å². The number of piperidine rings is 1. The summed E-state index contributed by atoms with van der Waals surface area (Å²) in [6.07, 6.45) is 19.2. The Balaban J connectivity index is 1.53. The zero-order valence-corrected chi connectivity index (χ0v) is 13.3. The van der Waals surface area contributed by atoms with Gasteiger partial charge in [0.25, 0.3) is 0 Å². The molecule has 1 aliphatic carbocycles. The lowest BCUT2D eigenvalue weighted by Gasteiger charge is -2.44. The van der Waals surface area contributed by atoms with E-state index in [0.717, 1.165) is 5.41 Å². The molecule has 0 bridgehead atoms. The fourth-order valence-corrected chi connectivity index (χ4v) is 4.17. The van der Waals surface area contributed by atoms with Crippen LogP contribution in [0, 0.1) is 5.41 Å². The largest absolute Gasteiger partial charge is 0.303 e. The van der Waals surface area contributed by atoms with E-state index in [1.165, 1.54) is 103 Å². The third-order valence-corrected chi connectivity index (χ3v) is 5.66. The van der Waals surface area contributed by atoms with Crippen molar-refractivity contribution in [2.75, 3.05) is 19.6 Å². The topological polar surface area (TPSA) is 3.24 Å². The maximum Gasteiger partial charge on any atom is -0.00134 e. The molecule has 0 unspecified atom stereocenters. The SMILES string of the molecule is CCCCCCCCN1CCC2(CCCCC2)CC1. The molecule has 0 aromatic carbocycles. The van der Waals surface area contributed by atoms with Crippen molar-refractivity contribution in [2.24, 2.45) is 5.41 Å². The number of hydrogen-bond acceptors (Lipinski definition) is 1. The van der Waals surface area contributed by atoms with Gasteiger partial charge in [-0.3, -0.25) is 0 Å². The number of nitrogens with zero attached hydrogens (tertiary/aromatic N) is 1. The number of rotatable bonds is 7. The molecule has 2 fully saturated rings. The van der Waals surface area contributed by atoms with Gasteiger partial charge in [0.2, 0.25) is 0 Å². The van der Waals surface area contributed by atoms with Crippen LogP contribution in [-0.4, -0.2) is 24.5 Å². The smallest absolute Gasteiger partial charge is 0.00134 e. The lowest BCUT2D eigenvalue weighted by Crippen LogP contribution is -2.41. The van der Waals surface area contributed by atoms with Crippen molar-refractivity contribution >= 4 is 0 Å². The number of hydrogen-bond donors (Lipinski definition) is 0. The summed E-state index contributed by atoms with van der Waals surface area (Å²) in [6.45, 7) is 6.47. The molecular formula is C18H35N. The molecule has 0 aromatic rings. The predicted octanol–water partition coefficient (Wildman–Crippen LogP) is 5.39. The Morgan fingerprint density at radius 3 is 2.05 bits per heavy atom. The normalized spacial score (nSPS) is 23.8. The molecule has 1 heteroatoms. The van der Waals surface area contributed by atoms with Crippen LogP contribution in [0.2, 0.25) is 0 Å². The Morgan fingerprint density at radius 2 is 1.37 bits per heavy atom. The quantitative estimate of drug-likeness (QED) is 0.558. The molecule has 1 nitrogen and oxygen atoms in total. The van der Waals surface area contributed by atoms with Crippen LogP contribution >= 0.6 is 0 Å². The van der Waals surface area contributed by atoms with Crippen LogP contribution in [-0.2, 0) is 0 Å². The van der Waals surface area contributed by atoms with Gasteiger partial charge in [-0.05, 0) is 57.2 Å². The zero-order valence-electron chi connectivity index (χ0n) is 13.3. The maximum absolute atomic E-state index is 2.75. The molecule has 112 valence electrons. The third kappa shape index (κ3) is 5.10. The monoisotopic (exact) mass is 265 g/mol. The summed E-state index contributed by atoms with van der Waals surface area (Å²) in [6, 6.07) is 0. The molecule has 0 radical (unpaired) electrons. The van der Waals surface area contributed by atoms with Gasteiger partial charge in [-0.2, -0.15) is 0 Å². The van der Waals surface area contributed by atoms with Crippen molar-refractivity contribution in [1.82, 2.24) is 4.90 Å². The van der Waals surface area contributed by atoms with Gasteiger partial charge in [0.05, 0.1) is 0 Å². The van der Waals surface area contributed by atoms with E-state index in [9.17, 15) is 0 Å². The first kappa shape index (κ1) is 15.4. The summed E-state index contributed by atoms with van der Waals surface area (Å²) >= 11 is 0. The van der Waals surface area contributed by atoms with Gasteiger partial charge in [0.15, 0.2) is 0 Å². The molecule has 1 heterocycles. The highest BCUT2D eigenvalue weighted by molar-refractivity contribution is 4.88. The van der Waals surface area contributed by atoms with Crippen molar-refractivity contribution in [2.45, 2.75) is 90.4 Å². The standard InChI is InChI=1S/C18H35N/c1-2-3-4-5-6-10-15-19-16-13-18(14-17-19)11-8-7-9-12-18/h2-17H2,1H3. The van der Waals surface area contributed by atoms with Gasteiger partial charge < -0.3 is 4.90 Å². The summed E-state index contributed by atoms with van der Waals surface area (Å²) in [5, 5.41) is 0. The van der Waals surface area contributed by atoms with E-state index in [2.05, 4.69) is 11.8 Å². The van der Waals surface area contributed by atoms with E-state index in [-0.39, 0.29) is 0 Å². The first-order chi connectivity index (χ1) is 9.35. The fraction of sp³-hybridized carbons (Fsp3) is 1.00. The Bertz CT molecular complexity index is 220. The second-order valence-electron chi connectivity index (χ2n) is 7.17. The molecule has 1 saturated heterocycles. The highest BCUT2D eigenvalue weighted by atomic mass is 15.1. The van der Waals surface area contributed by atoms with Gasteiger partial charge in [0.1, 0.15) is 0 Å². The molecule has 2 rings (SSSR count). The summed E-state index contributed by atoms with van der Waals surface area (Å²) in [7, 11) is 0. The summed E-state index contributed by atoms with van der Waals surface area (Å²) in [4.78, 5) is 2.75. The highest BCUT2D eigenvalue weighted by Crippen LogP contribution is 2.44. The van der Waals surface area contributed by atoms with Crippen LogP contribution < -0.4 is 0 Å². The van der Waals surface area contributed by atoms with Gasteiger partial charge in [-0.1, -0.05) is 58.3 Å². The molecule has 1 aliphatic heterocycles. The Morgan fingerprint density at radius 1 is 0.737 bits per heavy atom. The van der Waals surface area contributed by atoms with Gasteiger partial charge in [-0.15, -0.1) is 0 Å². The summed E-state index contributed by atoms with van der Waals surface area (Å²) < 4.78 is 0. The van der Waals surface area contributed by atoms with Crippen molar-refractivity contribution in [1.29, 1.82) is 0 Å². The van der Waals surface area contributed by atoms with E-state index < -0.39 is 0 Å². The second-order valence-corrected chi connectivity index (χ2v) is 7.17. The third-order valence-electron chi connectivity index (χ3n) is 5.66. The first-order valence-corrected chi connectivity index (χ1v) is 9.07. The Kier molecular flexibility index (Phi) is 6.70. The second kappa shape index (κ2) is 8.29. The number of likely N-dealkylation sites (tertiary alicyclic amines) is 1. The van der Waals surface area contributed by atoms with Gasteiger partial charge >= 0.3 is 0 Å². The van der Waals surface area contributed by atoms with Crippen molar-refractivity contribution < 1.29 is 0 Å². The zero-order chi connectivity index (χ0) is 13.4. The average molecular weight is 265 g/mol. The van der Waals surface area contributed by atoms with Gasteiger partial charge in [0, 0.05) is 0 Å². The van der Waals surface area contributed by atoms with Crippen LogP contribution in [0.5, 0.6) is 0 Å². The van der Waals surface area contributed by atoms with Crippen LogP contribution in [0.1, 0.15) is 90.4 Å². The minimum Gasteiger partial charge on any atom is -0.303 e. The minimum absolute atomic E-state index is 0.788. The van der Waals surface area contributed by atoms with Crippen molar-refractivity contribution in [3.05, 3.63) is 0 Å². The molecule has 0 aromatic heterocycles. The molecule has 0 amide bonds. The lowest BCUT2D eigenvalue weighted by atomic mass is 9.68. The van der Waals surface area contributed by atoms with E-state index in [1.807, 2.05) is 0 Å². The van der Waals surface area contributed by atoms with E-state index in [4.69, 9.17) is 0 Å². The van der Waals surface area contributed by atoms with Crippen molar-refractivity contribution in [3.63, 3.8) is 0 Å². The van der Waals surface area contributed by atoms with Gasteiger partial charge in [-0.25, -0.2) is 0 Å². The molecule has 2 aliphatic rings. The molecule has 1 spiro atoms. The summed E-state index contributed by atoms with van der Waals surface area (Å²) in [5.74, 6) is 0.